The molecule has 2 amide bonds. The van der Waals surface area contributed by atoms with Crippen molar-refractivity contribution in [2.24, 2.45) is 0 Å². The number of amides is 2. The molecule has 0 spiro atoms. The highest BCUT2D eigenvalue weighted by Gasteiger charge is 2.35. The van der Waals surface area contributed by atoms with E-state index in [1.165, 1.54) is 11.8 Å². The number of ether oxygens (including phenoxy) is 2. The van der Waals surface area contributed by atoms with Gasteiger partial charge >= 0.3 is 0 Å². The molecule has 1 aliphatic heterocycles. The van der Waals surface area contributed by atoms with E-state index in [0.717, 1.165) is 52.0 Å². The van der Waals surface area contributed by atoms with Crippen LogP contribution in [0.4, 0.5) is 5.69 Å². The molecule has 44 heavy (non-hydrogen) atoms. The van der Waals surface area contributed by atoms with E-state index in [0.29, 0.717) is 17.2 Å². The zero-order valence-electron chi connectivity index (χ0n) is 24.8. The summed E-state index contributed by atoms with van der Waals surface area (Å²) in [4.78, 5) is 30.0. The van der Waals surface area contributed by atoms with Gasteiger partial charge in [0.25, 0.3) is 0 Å². The van der Waals surface area contributed by atoms with Gasteiger partial charge in [-0.15, -0.1) is 0 Å². The van der Waals surface area contributed by atoms with Crippen LogP contribution in [0.25, 0.3) is 0 Å². The van der Waals surface area contributed by atoms with E-state index < -0.39 is 28.5 Å². The molecule has 0 bridgehead atoms. The standard InChI is InChI=1S/C33H38BrN3O6S/c1-2-44(40,41)37(28-17-18-30-31(20-28)43-23-42-30)22-32(38)36(21-25-13-15-26(34)16-14-25)29(19-24-9-5-3-6-10-24)33(39)35-27-11-7-4-8-12-27/h3,5-6,9-10,13-18,20,27,29H,2,4,7-8,11-12,19,21-23H2,1H3,(H,35,39)/t29-/m1/s1. The highest BCUT2D eigenvalue weighted by molar-refractivity contribution is 9.10. The molecule has 1 saturated carbocycles. The van der Waals surface area contributed by atoms with Gasteiger partial charge in [-0.25, -0.2) is 8.42 Å². The third-order valence-electron chi connectivity index (χ3n) is 8.11. The number of benzene rings is 3. The predicted octanol–water partition coefficient (Wildman–Crippen LogP) is 5.42. The number of nitrogens with one attached hydrogen (secondary N) is 1. The number of halogens is 1. The molecule has 0 unspecified atom stereocenters. The van der Waals surface area contributed by atoms with Crippen LogP contribution in [0.2, 0.25) is 0 Å². The van der Waals surface area contributed by atoms with Gasteiger partial charge in [0.1, 0.15) is 12.6 Å². The highest BCUT2D eigenvalue weighted by atomic mass is 79.9. The first-order valence-electron chi connectivity index (χ1n) is 15.0. The number of carbonyl (C=O) groups excluding carboxylic acids is 2. The number of hydrogen-bond donors (Lipinski definition) is 1. The molecule has 2 aliphatic rings. The normalized spacial score (nSPS) is 15.4. The van der Waals surface area contributed by atoms with Gasteiger partial charge in [0.15, 0.2) is 11.5 Å². The maximum Gasteiger partial charge on any atom is 0.244 e. The summed E-state index contributed by atoms with van der Waals surface area (Å²) in [5, 5.41) is 3.22. The summed E-state index contributed by atoms with van der Waals surface area (Å²) in [6.45, 7) is 1.23. The molecule has 234 valence electrons. The smallest absolute Gasteiger partial charge is 0.244 e. The summed E-state index contributed by atoms with van der Waals surface area (Å²) in [7, 11) is -3.88. The minimum absolute atomic E-state index is 0.0382. The number of sulfonamides is 1. The Morgan fingerprint density at radius 1 is 0.932 bits per heavy atom. The van der Waals surface area contributed by atoms with E-state index in [4.69, 9.17) is 9.47 Å². The molecule has 0 aromatic heterocycles. The van der Waals surface area contributed by atoms with Crippen LogP contribution < -0.4 is 19.1 Å². The maximum atomic E-state index is 14.4. The second-order valence-corrected chi connectivity index (χ2v) is 14.2. The quantitative estimate of drug-likeness (QED) is 0.273. The van der Waals surface area contributed by atoms with Crippen LogP contribution in [0.1, 0.15) is 50.2 Å². The zero-order chi connectivity index (χ0) is 31.1. The number of carbonyl (C=O) groups is 2. The monoisotopic (exact) mass is 683 g/mol. The lowest BCUT2D eigenvalue weighted by Gasteiger charge is -2.35. The van der Waals surface area contributed by atoms with E-state index in [1.807, 2.05) is 54.6 Å². The number of fused-ring (bicyclic) bond motifs is 1. The summed E-state index contributed by atoms with van der Waals surface area (Å²) in [5.74, 6) is -0.0155. The van der Waals surface area contributed by atoms with Crippen molar-refractivity contribution >= 4 is 43.5 Å². The first kappa shape index (κ1) is 31.8. The van der Waals surface area contributed by atoms with Gasteiger partial charge in [-0.2, -0.15) is 0 Å². The zero-order valence-corrected chi connectivity index (χ0v) is 27.2. The van der Waals surface area contributed by atoms with Gasteiger partial charge in [-0.05, 0) is 55.2 Å². The second-order valence-electron chi connectivity index (χ2n) is 11.1. The van der Waals surface area contributed by atoms with E-state index in [2.05, 4.69) is 21.2 Å². The van der Waals surface area contributed by atoms with Crippen LogP contribution in [0.3, 0.4) is 0 Å². The van der Waals surface area contributed by atoms with Crippen LogP contribution in [0.5, 0.6) is 11.5 Å². The topological polar surface area (TPSA) is 105 Å². The van der Waals surface area contributed by atoms with Gasteiger partial charge in [0.05, 0.1) is 11.4 Å². The Balaban J connectivity index is 1.51. The molecule has 1 atom stereocenters. The number of nitrogens with zero attached hydrogens (tertiary/aromatic N) is 2. The molecular formula is C33H38BrN3O6S. The Hall–Kier alpha value is -3.57. The molecule has 1 fully saturated rings. The van der Waals surface area contributed by atoms with Crippen molar-refractivity contribution in [2.75, 3.05) is 23.4 Å². The molecule has 1 N–H and O–H groups in total. The van der Waals surface area contributed by atoms with Gasteiger partial charge in [0.2, 0.25) is 28.6 Å². The minimum atomic E-state index is -3.88. The lowest BCUT2D eigenvalue weighted by molar-refractivity contribution is -0.140. The number of hydrogen-bond acceptors (Lipinski definition) is 6. The fourth-order valence-corrected chi connectivity index (χ4v) is 6.96. The van der Waals surface area contributed by atoms with E-state index in [9.17, 15) is 18.0 Å². The molecule has 5 rings (SSSR count). The maximum absolute atomic E-state index is 14.4. The fourth-order valence-electron chi connectivity index (χ4n) is 5.64. The molecule has 3 aromatic carbocycles. The second kappa shape index (κ2) is 14.5. The Labute approximate surface area is 267 Å². The van der Waals surface area contributed by atoms with Gasteiger partial charge in [0, 0.05) is 29.5 Å². The van der Waals surface area contributed by atoms with Crippen molar-refractivity contribution in [3.8, 4) is 11.5 Å². The molecule has 9 nitrogen and oxygen atoms in total. The Morgan fingerprint density at radius 3 is 2.34 bits per heavy atom. The van der Waals surface area contributed by atoms with Gasteiger partial charge in [-0.1, -0.05) is 77.7 Å². The van der Waals surface area contributed by atoms with Crippen LogP contribution in [-0.2, 0) is 32.6 Å². The molecule has 1 aliphatic carbocycles. The SMILES string of the molecule is CCS(=O)(=O)N(CC(=O)N(Cc1ccc(Br)cc1)[C@H](Cc1ccccc1)C(=O)NC1CCCCC1)c1ccc2c(c1)OCO2. The summed E-state index contributed by atoms with van der Waals surface area (Å²) < 4.78 is 39.7. The van der Waals surface area contributed by atoms with Crippen molar-refractivity contribution in [1.29, 1.82) is 0 Å². The van der Waals surface area contributed by atoms with Crippen LogP contribution in [0.15, 0.2) is 77.3 Å². The van der Waals surface area contributed by atoms with E-state index in [1.54, 1.807) is 18.2 Å². The first-order valence-corrected chi connectivity index (χ1v) is 17.4. The third kappa shape index (κ3) is 7.92. The number of rotatable bonds is 12. The van der Waals surface area contributed by atoms with Crippen LogP contribution >= 0.6 is 15.9 Å². The summed E-state index contributed by atoms with van der Waals surface area (Å²) >= 11 is 3.46. The summed E-state index contributed by atoms with van der Waals surface area (Å²) in [6.07, 6.45) is 5.33. The molecule has 3 aromatic rings. The molecule has 1 heterocycles. The minimum Gasteiger partial charge on any atom is -0.454 e. The largest absolute Gasteiger partial charge is 0.454 e. The lowest BCUT2D eigenvalue weighted by Crippen LogP contribution is -2.55. The van der Waals surface area contributed by atoms with Crippen molar-refractivity contribution < 1.29 is 27.5 Å². The molecule has 0 radical (unpaired) electrons. The summed E-state index contributed by atoms with van der Waals surface area (Å²) in [5.41, 5.74) is 2.01. The Kier molecular flexibility index (Phi) is 10.5. The number of anilines is 1. The van der Waals surface area contributed by atoms with Crippen molar-refractivity contribution in [3.63, 3.8) is 0 Å². The predicted molar refractivity (Wildman–Crippen MR) is 173 cm³/mol. The molecular weight excluding hydrogens is 646 g/mol. The molecule has 0 saturated heterocycles. The molecule has 11 heteroatoms. The van der Waals surface area contributed by atoms with Crippen molar-refractivity contribution in [3.05, 3.63) is 88.4 Å². The van der Waals surface area contributed by atoms with Gasteiger partial charge < -0.3 is 19.7 Å². The van der Waals surface area contributed by atoms with Gasteiger partial charge in [-0.3, -0.25) is 13.9 Å². The first-order chi connectivity index (χ1) is 21.2. The summed E-state index contributed by atoms with van der Waals surface area (Å²) in [6, 6.07) is 21.1. The average molecular weight is 685 g/mol. The van der Waals surface area contributed by atoms with Crippen LogP contribution in [0, 0.1) is 0 Å². The third-order valence-corrected chi connectivity index (χ3v) is 10.4. The van der Waals surface area contributed by atoms with Crippen molar-refractivity contribution in [2.45, 2.75) is 64.1 Å². The van der Waals surface area contributed by atoms with E-state index >= 15 is 0 Å². The fraction of sp³-hybridized carbons (Fsp3) is 0.394. The highest BCUT2D eigenvalue weighted by Crippen LogP contribution is 2.36. The Morgan fingerprint density at radius 2 is 1.64 bits per heavy atom. The Bertz CT molecular complexity index is 1550. The van der Waals surface area contributed by atoms with Crippen molar-refractivity contribution in [1.82, 2.24) is 10.2 Å². The average Bonchev–Trinajstić information content (AvgIpc) is 3.51. The van der Waals surface area contributed by atoms with E-state index in [-0.39, 0.29) is 37.5 Å². The lowest BCUT2D eigenvalue weighted by atomic mass is 9.94. The van der Waals surface area contributed by atoms with Crippen LogP contribution in [-0.4, -0.2) is 56.3 Å².